The highest BCUT2D eigenvalue weighted by atomic mass is 19.4. The number of anilines is 1. The molecule has 1 heterocycles. The molecule has 0 radical (unpaired) electrons. The number of carbonyl (C=O) groups excluding carboxylic acids is 1. The number of ether oxygens (including phenoxy) is 1. The van der Waals surface area contributed by atoms with E-state index in [0.717, 1.165) is 12.1 Å². The van der Waals surface area contributed by atoms with Crippen molar-refractivity contribution in [1.82, 2.24) is 5.32 Å². The van der Waals surface area contributed by atoms with Crippen LogP contribution in [-0.2, 0) is 10.9 Å². The molecule has 0 unspecified atom stereocenters. The topological polar surface area (TPSA) is 63.5 Å². The summed E-state index contributed by atoms with van der Waals surface area (Å²) in [6, 6.07) is 3.56. The molecule has 1 aromatic heterocycles. The van der Waals surface area contributed by atoms with E-state index >= 15 is 0 Å². The summed E-state index contributed by atoms with van der Waals surface area (Å²) < 4.78 is 61.9. The number of carbonyl (C=O) groups is 1. The molecule has 9 heteroatoms. The monoisotopic (exact) mass is 346 g/mol. The molecule has 2 aromatic rings. The van der Waals surface area contributed by atoms with Crippen LogP contribution in [0.5, 0.6) is 0 Å². The zero-order chi connectivity index (χ0) is 17.7. The Morgan fingerprint density at radius 2 is 2.08 bits per heavy atom. The summed E-state index contributed by atoms with van der Waals surface area (Å²) in [6.07, 6.45) is -3.42. The van der Waals surface area contributed by atoms with Gasteiger partial charge >= 0.3 is 12.2 Å². The molecule has 5 nitrogen and oxygen atoms in total. The summed E-state index contributed by atoms with van der Waals surface area (Å²) in [5.74, 6) is -0.678. The highest BCUT2D eigenvalue weighted by molar-refractivity contribution is 5.90. The van der Waals surface area contributed by atoms with E-state index in [9.17, 15) is 22.4 Å². The van der Waals surface area contributed by atoms with Crippen LogP contribution in [0.3, 0.4) is 0 Å². The van der Waals surface area contributed by atoms with Gasteiger partial charge in [0.05, 0.1) is 24.1 Å². The SMILES string of the molecule is COC[C@H](NC(=O)Nc1ccc(F)cc1C(F)(F)F)c1ccco1. The number of hydrogen-bond donors (Lipinski definition) is 2. The second kappa shape index (κ2) is 7.35. The molecule has 0 aliphatic carbocycles. The maximum Gasteiger partial charge on any atom is 0.418 e. The maximum atomic E-state index is 13.1. The van der Waals surface area contributed by atoms with Crippen molar-refractivity contribution in [1.29, 1.82) is 0 Å². The molecule has 2 N–H and O–H groups in total. The van der Waals surface area contributed by atoms with Crippen LogP contribution >= 0.6 is 0 Å². The van der Waals surface area contributed by atoms with Gasteiger partial charge in [-0.1, -0.05) is 0 Å². The normalized spacial score (nSPS) is 12.7. The Labute approximate surface area is 134 Å². The molecule has 0 fully saturated rings. The summed E-state index contributed by atoms with van der Waals surface area (Å²) >= 11 is 0. The molecule has 2 amide bonds. The number of nitrogens with one attached hydrogen (secondary N) is 2. The first-order valence-electron chi connectivity index (χ1n) is 6.78. The van der Waals surface area contributed by atoms with Gasteiger partial charge in [-0.2, -0.15) is 13.2 Å². The van der Waals surface area contributed by atoms with Crippen molar-refractivity contribution < 1.29 is 31.5 Å². The van der Waals surface area contributed by atoms with Crippen LogP contribution in [-0.4, -0.2) is 19.7 Å². The van der Waals surface area contributed by atoms with Gasteiger partial charge in [-0.25, -0.2) is 9.18 Å². The third-order valence-electron chi connectivity index (χ3n) is 3.06. The van der Waals surface area contributed by atoms with E-state index in [0.29, 0.717) is 11.8 Å². The number of halogens is 4. The van der Waals surface area contributed by atoms with E-state index < -0.39 is 35.3 Å². The van der Waals surface area contributed by atoms with Crippen LogP contribution in [0.1, 0.15) is 17.4 Å². The number of urea groups is 1. The highest BCUT2D eigenvalue weighted by Gasteiger charge is 2.34. The number of alkyl halides is 3. The van der Waals surface area contributed by atoms with Crippen molar-refractivity contribution in [3.63, 3.8) is 0 Å². The minimum atomic E-state index is -4.81. The molecule has 1 atom stereocenters. The average molecular weight is 346 g/mol. The van der Waals surface area contributed by atoms with E-state index in [1.165, 1.54) is 13.4 Å². The lowest BCUT2D eigenvalue weighted by Crippen LogP contribution is -2.35. The van der Waals surface area contributed by atoms with Crippen LogP contribution in [0.15, 0.2) is 41.0 Å². The Balaban J connectivity index is 2.14. The fourth-order valence-electron chi connectivity index (χ4n) is 2.03. The van der Waals surface area contributed by atoms with Crippen molar-refractivity contribution >= 4 is 11.7 Å². The summed E-state index contributed by atoms with van der Waals surface area (Å²) in [6.45, 7) is 0.0521. The molecular weight excluding hydrogens is 332 g/mol. The molecule has 0 aliphatic heterocycles. The summed E-state index contributed by atoms with van der Waals surface area (Å²) in [5.41, 5.74) is -1.84. The molecule has 130 valence electrons. The molecule has 1 aromatic carbocycles. The van der Waals surface area contributed by atoms with Crippen molar-refractivity contribution in [2.75, 3.05) is 19.0 Å². The van der Waals surface area contributed by atoms with E-state index in [1.54, 1.807) is 12.1 Å². The van der Waals surface area contributed by atoms with E-state index in [1.807, 2.05) is 0 Å². The first-order chi connectivity index (χ1) is 11.3. The molecule has 0 aliphatic rings. The smallest absolute Gasteiger partial charge is 0.418 e. The van der Waals surface area contributed by atoms with Gasteiger partial charge in [0, 0.05) is 7.11 Å². The van der Waals surface area contributed by atoms with Crippen LogP contribution in [0, 0.1) is 5.82 Å². The fraction of sp³-hybridized carbons (Fsp3) is 0.267. The summed E-state index contributed by atoms with van der Waals surface area (Å²) in [5, 5.41) is 4.49. The molecular formula is C15H14F4N2O3. The van der Waals surface area contributed by atoms with Crippen molar-refractivity contribution in [3.05, 3.63) is 53.7 Å². The van der Waals surface area contributed by atoms with Crippen LogP contribution < -0.4 is 10.6 Å². The predicted octanol–water partition coefficient (Wildman–Crippen LogP) is 3.95. The van der Waals surface area contributed by atoms with Crippen molar-refractivity contribution in [2.45, 2.75) is 12.2 Å². The number of hydrogen-bond acceptors (Lipinski definition) is 3. The Morgan fingerprint density at radius 3 is 2.67 bits per heavy atom. The highest BCUT2D eigenvalue weighted by Crippen LogP contribution is 2.35. The zero-order valence-corrected chi connectivity index (χ0v) is 12.5. The maximum absolute atomic E-state index is 13.1. The Bertz CT molecular complexity index is 687. The summed E-state index contributed by atoms with van der Waals surface area (Å²) in [7, 11) is 1.40. The van der Waals surface area contributed by atoms with Gasteiger partial charge < -0.3 is 19.8 Å². The van der Waals surface area contributed by atoms with Gasteiger partial charge in [0.15, 0.2) is 0 Å². The van der Waals surface area contributed by atoms with Crippen molar-refractivity contribution in [3.8, 4) is 0 Å². The largest absolute Gasteiger partial charge is 0.467 e. The first kappa shape index (κ1) is 17.8. The fourth-order valence-corrected chi connectivity index (χ4v) is 2.03. The first-order valence-corrected chi connectivity index (χ1v) is 6.78. The molecule has 0 saturated carbocycles. The Kier molecular flexibility index (Phi) is 5.45. The van der Waals surface area contributed by atoms with Gasteiger partial charge in [-0.3, -0.25) is 0 Å². The number of amides is 2. The van der Waals surface area contributed by atoms with Crippen LogP contribution in [0.25, 0.3) is 0 Å². The lowest BCUT2D eigenvalue weighted by atomic mass is 10.1. The minimum Gasteiger partial charge on any atom is -0.467 e. The Hall–Kier alpha value is -2.55. The standard InChI is InChI=1S/C15H14F4N2O3/c1-23-8-12(13-3-2-6-24-13)21-14(22)20-11-5-4-9(16)7-10(11)15(17,18)19/h2-7,12H,8H2,1H3,(H2,20,21,22)/t12-/m0/s1. The molecule has 0 bridgehead atoms. The van der Waals surface area contributed by atoms with Gasteiger partial charge in [0.25, 0.3) is 0 Å². The quantitative estimate of drug-likeness (QED) is 0.806. The minimum absolute atomic E-state index is 0.0521. The van der Waals surface area contributed by atoms with Gasteiger partial charge in [-0.05, 0) is 30.3 Å². The number of benzene rings is 1. The second-order valence-corrected chi connectivity index (χ2v) is 4.81. The lowest BCUT2D eigenvalue weighted by Gasteiger charge is -2.18. The van der Waals surface area contributed by atoms with Crippen LogP contribution in [0.2, 0.25) is 0 Å². The number of methoxy groups -OCH3 is 1. The molecule has 0 spiro atoms. The summed E-state index contributed by atoms with van der Waals surface area (Å²) in [4.78, 5) is 12.0. The third kappa shape index (κ3) is 4.48. The van der Waals surface area contributed by atoms with Gasteiger partial charge in [0.1, 0.15) is 17.6 Å². The van der Waals surface area contributed by atoms with Gasteiger partial charge in [-0.15, -0.1) is 0 Å². The van der Waals surface area contributed by atoms with E-state index in [-0.39, 0.29) is 6.61 Å². The van der Waals surface area contributed by atoms with Crippen LogP contribution in [0.4, 0.5) is 28.0 Å². The Morgan fingerprint density at radius 1 is 1.33 bits per heavy atom. The second-order valence-electron chi connectivity index (χ2n) is 4.81. The molecule has 2 rings (SSSR count). The predicted molar refractivity (Wildman–Crippen MR) is 76.9 cm³/mol. The zero-order valence-electron chi connectivity index (χ0n) is 12.5. The van der Waals surface area contributed by atoms with E-state index in [4.69, 9.17) is 9.15 Å². The van der Waals surface area contributed by atoms with Gasteiger partial charge in [0.2, 0.25) is 0 Å². The van der Waals surface area contributed by atoms with Crippen molar-refractivity contribution in [2.24, 2.45) is 0 Å². The lowest BCUT2D eigenvalue weighted by molar-refractivity contribution is -0.137. The number of rotatable bonds is 5. The molecule has 24 heavy (non-hydrogen) atoms. The third-order valence-corrected chi connectivity index (χ3v) is 3.06. The average Bonchev–Trinajstić information content (AvgIpc) is 3.02. The van der Waals surface area contributed by atoms with E-state index in [2.05, 4.69) is 10.6 Å². The number of furan rings is 1. The molecule has 0 saturated heterocycles.